The standard InChI is InChI=1S/C78H151NO5/c1-3-5-7-9-11-13-15-17-43-48-52-56-60-64-68-72-78(83)84-73-69-65-61-57-53-49-45-42-40-38-36-34-32-30-28-26-24-22-20-18-19-21-23-25-27-29-31-33-35-37-39-41-44-47-51-55-59-63-67-71-77(82)79-75(74-80)76(81)70-66-62-58-54-50-46-16-14-12-10-8-6-4-2/h18-19,66,70,75-76,80-81H,3-17,20-65,67-69,71-74H2,1-2H3,(H,79,82)/b19-18-,70-66+. The Hall–Kier alpha value is -1.66. The molecule has 0 aromatic heterocycles. The summed E-state index contributed by atoms with van der Waals surface area (Å²) < 4.78 is 5.51. The Kier molecular flexibility index (Phi) is 72.3. The molecule has 0 radical (unpaired) electrons. The fourth-order valence-electron chi connectivity index (χ4n) is 12.3. The van der Waals surface area contributed by atoms with Crippen molar-refractivity contribution in [2.24, 2.45) is 0 Å². The van der Waals surface area contributed by atoms with Crippen molar-refractivity contribution in [1.82, 2.24) is 5.32 Å². The maximum atomic E-state index is 12.5. The summed E-state index contributed by atoms with van der Waals surface area (Å²) in [7, 11) is 0. The fraction of sp³-hybridized carbons (Fsp3) is 0.923. The zero-order valence-electron chi connectivity index (χ0n) is 57.2. The van der Waals surface area contributed by atoms with E-state index >= 15 is 0 Å². The first-order valence-electron chi connectivity index (χ1n) is 38.6. The van der Waals surface area contributed by atoms with Gasteiger partial charge in [-0.1, -0.05) is 391 Å². The Balaban J connectivity index is 3.31. The fourth-order valence-corrected chi connectivity index (χ4v) is 12.3. The van der Waals surface area contributed by atoms with E-state index < -0.39 is 12.1 Å². The van der Waals surface area contributed by atoms with Crippen molar-refractivity contribution in [3.05, 3.63) is 24.3 Å². The Morgan fingerprint density at radius 1 is 0.321 bits per heavy atom. The van der Waals surface area contributed by atoms with Gasteiger partial charge in [-0.25, -0.2) is 0 Å². The van der Waals surface area contributed by atoms with E-state index in [0.29, 0.717) is 19.4 Å². The number of aliphatic hydroxyl groups is 2. The summed E-state index contributed by atoms with van der Waals surface area (Å²) in [4.78, 5) is 24.6. The molecule has 0 heterocycles. The summed E-state index contributed by atoms with van der Waals surface area (Å²) in [6, 6.07) is -0.623. The summed E-state index contributed by atoms with van der Waals surface area (Å²) in [6.07, 6.45) is 94.5. The molecule has 1 amide bonds. The van der Waals surface area contributed by atoms with Crippen LogP contribution < -0.4 is 5.32 Å². The number of carbonyl (C=O) groups is 2. The Labute approximate surface area is 526 Å². The van der Waals surface area contributed by atoms with E-state index in [1.54, 1.807) is 6.08 Å². The van der Waals surface area contributed by atoms with Crippen LogP contribution in [0.3, 0.4) is 0 Å². The molecule has 0 aromatic rings. The molecule has 0 saturated heterocycles. The van der Waals surface area contributed by atoms with E-state index in [9.17, 15) is 19.8 Å². The summed E-state index contributed by atoms with van der Waals surface area (Å²) in [5.41, 5.74) is 0. The van der Waals surface area contributed by atoms with Crippen molar-refractivity contribution in [2.45, 2.75) is 450 Å². The number of allylic oxidation sites excluding steroid dienone is 3. The number of hydrogen-bond donors (Lipinski definition) is 3. The Morgan fingerprint density at radius 2 is 0.560 bits per heavy atom. The topological polar surface area (TPSA) is 95.9 Å². The number of aliphatic hydroxyl groups excluding tert-OH is 2. The van der Waals surface area contributed by atoms with Gasteiger partial charge in [-0.15, -0.1) is 0 Å². The van der Waals surface area contributed by atoms with Crippen LogP contribution in [0.15, 0.2) is 24.3 Å². The second kappa shape index (κ2) is 73.8. The summed E-state index contributed by atoms with van der Waals surface area (Å²) in [5.74, 6) is -0.0357. The van der Waals surface area contributed by atoms with E-state index in [4.69, 9.17) is 4.74 Å². The zero-order chi connectivity index (χ0) is 60.6. The lowest BCUT2D eigenvalue weighted by atomic mass is 10.0. The van der Waals surface area contributed by atoms with Crippen molar-refractivity contribution in [2.75, 3.05) is 13.2 Å². The highest BCUT2D eigenvalue weighted by Gasteiger charge is 2.18. The van der Waals surface area contributed by atoms with Crippen molar-refractivity contribution in [1.29, 1.82) is 0 Å². The highest BCUT2D eigenvalue weighted by atomic mass is 16.5. The molecular weight excluding hydrogens is 1030 g/mol. The van der Waals surface area contributed by atoms with Gasteiger partial charge >= 0.3 is 5.97 Å². The smallest absolute Gasteiger partial charge is 0.305 e. The lowest BCUT2D eigenvalue weighted by Gasteiger charge is -2.20. The molecule has 2 atom stereocenters. The van der Waals surface area contributed by atoms with E-state index in [1.165, 1.54) is 372 Å². The third-order valence-electron chi connectivity index (χ3n) is 18.2. The van der Waals surface area contributed by atoms with Gasteiger partial charge in [-0.2, -0.15) is 0 Å². The second-order valence-corrected chi connectivity index (χ2v) is 26.7. The van der Waals surface area contributed by atoms with Crippen LogP contribution in [0.1, 0.15) is 438 Å². The lowest BCUT2D eigenvalue weighted by molar-refractivity contribution is -0.143. The monoisotopic (exact) mass is 1180 g/mol. The molecule has 0 bridgehead atoms. The number of unbranched alkanes of at least 4 members (excludes halogenated alkanes) is 60. The predicted molar refractivity (Wildman–Crippen MR) is 370 cm³/mol. The average molecular weight is 1180 g/mol. The third kappa shape index (κ3) is 69.4. The molecule has 0 aliphatic heterocycles. The molecule has 0 spiro atoms. The average Bonchev–Trinajstić information content (AvgIpc) is 3.53. The molecule has 498 valence electrons. The SMILES string of the molecule is CCCCCCCCCCCCC/C=C/C(O)C(CO)NC(=O)CCCCCCCCCCCCCCCCCCC/C=C\CCCCCCCCCCCCCCCCCCCCOC(=O)CCCCCCCCCCCCCCCCC. The number of esters is 1. The van der Waals surface area contributed by atoms with Gasteiger partial charge in [0.25, 0.3) is 0 Å². The molecule has 84 heavy (non-hydrogen) atoms. The van der Waals surface area contributed by atoms with Gasteiger partial charge in [0.05, 0.1) is 25.4 Å². The van der Waals surface area contributed by atoms with Crippen LogP contribution in [0, 0.1) is 0 Å². The van der Waals surface area contributed by atoms with Gasteiger partial charge in [-0.05, 0) is 57.8 Å². The molecule has 6 heteroatoms. The zero-order valence-corrected chi connectivity index (χ0v) is 57.2. The molecule has 6 nitrogen and oxygen atoms in total. The maximum absolute atomic E-state index is 12.5. The molecule has 0 fully saturated rings. The van der Waals surface area contributed by atoms with Gasteiger partial charge in [0.2, 0.25) is 5.91 Å². The van der Waals surface area contributed by atoms with Gasteiger partial charge in [0.15, 0.2) is 0 Å². The van der Waals surface area contributed by atoms with Crippen LogP contribution in [-0.2, 0) is 14.3 Å². The molecule has 0 aromatic carbocycles. The number of ether oxygens (including phenoxy) is 1. The maximum Gasteiger partial charge on any atom is 0.305 e. The van der Waals surface area contributed by atoms with E-state index in [2.05, 4.69) is 31.3 Å². The van der Waals surface area contributed by atoms with Gasteiger partial charge in [0, 0.05) is 12.8 Å². The molecule has 2 unspecified atom stereocenters. The van der Waals surface area contributed by atoms with Gasteiger partial charge < -0.3 is 20.3 Å². The summed E-state index contributed by atoms with van der Waals surface area (Å²) >= 11 is 0. The molecule has 3 N–H and O–H groups in total. The van der Waals surface area contributed by atoms with Crippen molar-refractivity contribution in [3.63, 3.8) is 0 Å². The third-order valence-corrected chi connectivity index (χ3v) is 18.2. The number of amides is 1. The first kappa shape index (κ1) is 82.3. The lowest BCUT2D eigenvalue weighted by Crippen LogP contribution is -2.45. The first-order chi connectivity index (χ1) is 41.5. The predicted octanol–water partition coefficient (Wildman–Crippen LogP) is 25.3. The second-order valence-electron chi connectivity index (χ2n) is 26.7. The number of nitrogens with one attached hydrogen (secondary N) is 1. The van der Waals surface area contributed by atoms with E-state index in [-0.39, 0.29) is 18.5 Å². The van der Waals surface area contributed by atoms with Crippen molar-refractivity contribution < 1.29 is 24.5 Å². The van der Waals surface area contributed by atoms with Crippen LogP contribution in [-0.4, -0.2) is 47.4 Å². The van der Waals surface area contributed by atoms with Crippen LogP contribution >= 0.6 is 0 Å². The minimum atomic E-state index is -0.840. The molecule has 0 rings (SSSR count). The van der Waals surface area contributed by atoms with Crippen molar-refractivity contribution in [3.8, 4) is 0 Å². The van der Waals surface area contributed by atoms with Gasteiger partial charge in [0.1, 0.15) is 0 Å². The number of rotatable bonds is 73. The largest absolute Gasteiger partial charge is 0.466 e. The molecule has 0 aliphatic rings. The number of carbonyl (C=O) groups excluding carboxylic acids is 2. The summed E-state index contributed by atoms with van der Waals surface area (Å²) in [5, 5.41) is 23.1. The normalized spacial score (nSPS) is 12.6. The van der Waals surface area contributed by atoms with Crippen LogP contribution in [0.5, 0.6) is 0 Å². The highest BCUT2D eigenvalue weighted by Crippen LogP contribution is 2.20. The Bertz CT molecular complexity index is 1320. The molecule has 0 saturated carbocycles. The van der Waals surface area contributed by atoms with Crippen LogP contribution in [0.25, 0.3) is 0 Å². The quantitative estimate of drug-likeness (QED) is 0.0320. The van der Waals surface area contributed by atoms with Crippen LogP contribution in [0.4, 0.5) is 0 Å². The summed E-state index contributed by atoms with van der Waals surface area (Å²) in [6.45, 7) is 4.94. The number of hydrogen-bond acceptors (Lipinski definition) is 5. The molecular formula is C78H151NO5. The van der Waals surface area contributed by atoms with Gasteiger partial charge in [-0.3, -0.25) is 9.59 Å². The highest BCUT2D eigenvalue weighted by molar-refractivity contribution is 5.76. The van der Waals surface area contributed by atoms with Crippen LogP contribution in [0.2, 0.25) is 0 Å². The Morgan fingerprint density at radius 3 is 0.845 bits per heavy atom. The van der Waals surface area contributed by atoms with Crippen molar-refractivity contribution >= 4 is 11.9 Å². The van der Waals surface area contributed by atoms with E-state index in [0.717, 1.165) is 38.5 Å². The minimum Gasteiger partial charge on any atom is -0.466 e. The molecule has 0 aliphatic carbocycles. The first-order valence-corrected chi connectivity index (χ1v) is 38.6. The minimum absolute atomic E-state index is 0.0260. The van der Waals surface area contributed by atoms with E-state index in [1.807, 2.05) is 6.08 Å².